The quantitative estimate of drug-likeness (QED) is 0.176. The molecule has 0 radical (unpaired) electrons. The number of carbonyl (C=O) groups excluding carboxylic acids is 5. The Morgan fingerprint density at radius 1 is 1.16 bits per heavy atom. The van der Waals surface area contributed by atoms with Crippen LogP contribution in [0.25, 0.3) is 0 Å². The Balaban J connectivity index is 1.31. The molecule has 16 nitrogen and oxygen atoms in total. The van der Waals surface area contributed by atoms with E-state index >= 15 is 0 Å². The number of rotatable bonds is 9. The highest BCUT2D eigenvalue weighted by molar-refractivity contribution is 8.01. The summed E-state index contributed by atoms with van der Waals surface area (Å²) in [6.45, 7) is 1.98. The van der Waals surface area contributed by atoms with E-state index in [-0.39, 0.29) is 42.4 Å². The third-order valence-electron chi connectivity index (χ3n) is 7.17. The van der Waals surface area contributed by atoms with Gasteiger partial charge in [-0.25, -0.2) is 18.7 Å². The highest BCUT2D eigenvalue weighted by atomic mass is 32.2. The van der Waals surface area contributed by atoms with E-state index in [0.717, 1.165) is 17.0 Å². The van der Waals surface area contributed by atoms with Crippen molar-refractivity contribution in [2.75, 3.05) is 31.1 Å². The fraction of sp³-hybridized carbons (Fsp3) is 0.400. The summed E-state index contributed by atoms with van der Waals surface area (Å²) in [4.78, 5) is 80.0. The molecular weight excluding hydrogens is 621 g/mol. The minimum absolute atomic E-state index is 0.102. The van der Waals surface area contributed by atoms with Gasteiger partial charge in [-0.05, 0) is 40.6 Å². The number of likely N-dealkylation sites (N-methyl/N-ethyl adjacent to an activating group) is 1. The Labute approximate surface area is 257 Å². The number of fused-ring (bicyclic) bond motifs is 1. The second-order valence-electron chi connectivity index (χ2n) is 9.80. The van der Waals surface area contributed by atoms with Gasteiger partial charge in [0.1, 0.15) is 29.0 Å². The van der Waals surface area contributed by atoms with Crippen molar-refractivity contribution in [2.24, 2.45) is 7.05 Å². The third kappa shape index (κ3) is 5.83. The number of urea groups is 1. The largest absolute Gasteiger partial charge is 0.477 e. The molecular formula is C25H26FN9O7S2. The first-order valence-electron chi connectivity index (χ1n) is 13.2. The molecule has 3 N–H and O–H groups in total. The number of tetrazole rings is 1. The Morgan fingerprint density at radius 3 is 2.52 bits per heavy atom. The molecule has 0 saturated carbocycles. The minimum Gasteiger partial charge on any atom is -0.477 e. The van der Waals surface area contributed by atoms with E-state index in [1.54, 1.807) is 14.0 Å². The molecule has 4 heterocycles. The molecule has 19 heteroatoms. The van der Waals surface area contributed by atoms with Gasteiger partial charge >= 0.3 is 23.8 Å². The number of nitrogens with one attached hydrogen (secondary N) is 2. The lowest BCUT2D eigenvalue weighted by molar-refractivity contribution is -0.153. The number of amides is 6. The highest BCUT2D eigenvalue weighted by Crippen LogP contribution is 2.41. The van der Waals surface area contributed by atoms with E-state index in [2.05, 4.69) is 26.2 Å². The number of carboxylic acids is 1. The van der Waals surface area contributed by atoms with Gasteiger partial charge in [0.15, 0.2) is 0 Å². The number of aromatic nitrogens is 4. The summed E-state index contributed by atoms with van der Waals surface area (Å²) in [6.07, 6.45) is 0. The molecule has 6 amide bonds. The van der Waals surface area contributed by atoms with Crippen LogP contribution in [-0.2, 0) is 31.0 Å². The summed E-state index contributed by atoms with van der Waals surface area (Å²) < 4.78 is 15.1. The average Bonchev–Trinajstić information content (AvgIpc) is 3.42. The standard InChI is InChI=1S/C25H26FN9O7S2/c1-3-33-8-9-34(21(39)20(33)38)24(42)28-15(12-4-6-14(26)7-5-12)18(36)27-16-19(37)35-17(23(40)41)13(10-43-22(16)35)11-44-25-29-30-31-32(25)2/h4-7,15-16,22H,3,8-11H2,1-2H3,(H,27,36)(H,28,42)(H,40,41). The van der Waals surface area contributed by atoms with Gasteiger partial charge < -0.3 is 20.6 Å². The maximum absolute atomic E-state index is 13.7. The number of aryl methyl sites for hydroxylation is 1. The van der Waals surface area contributed by atoms with Crippen LogP contribution in [0.4, 0.5) is 9.18 Å². The van der Waals surface area contributed by atoms with Crippen molar-refractivity contribution < 1.29 is 38.3 Å². The first-order valence-corrected chi connectivity index (χ1v) is 15.3. The van der Waals surface area contributed by atoms with Crippen molar-refractivity contribution in [3.63, 3.8) is 0 Å². The molecule has 5 rings (SSSR count). The van der Waals surface area contributed by atoms with Gasteiger partial charge in [0.2, 0.25) is 11.1 Å². The van der Waals surface area contributed by atoms with Gasteiger partial charge in [-0.3, -0.25) is 29.0 Å². The van der Waals surface area contributed by atoms with Crippen LogP contribution in [0.15, 0.2) is 40.7 Å². The molecule has 44 heavy (non-hydrogen) atoms. The highest BCUT2D eigenvalue weighted by Gasteiger charge is 2.54. The lowest BCUT2D eigenvalue weighted by Crippen LogP contribution is -2.71. The molecule has 3 unspecified atom stereocenters. The molecule has 3 aliphatic heterocycles. The number of β-lactam (4-membered cyclic amide) rings is 1. The molecule has 2 saturated heterocycles. The maximum atomic E-state index is 13.7. The topological polar surface area (TPSA) is 200 Å². The Hall–Kier alpha value is -4.52. The van der Waals surface area contributed by atoms with Crippen LogP contribution in [0.5, 0.6) is 0 Å². The van der Waals surface area contributed by atoms with Crippen molar-refractivity contribution in [3.05, 3.63) is 46.9 Å². The van der Waals surface area contributed by atoms with Gasteiger partial charge in [-0.2, -0.15) is 0 Å². The molecule has 3 atom stereocenters. The molecule has 2 aromatic rings. The Kier molecular flexibility index (Phi) is 8.86. The zero-order valence-electron chi connectivity index (χ0n) is 23.3. The number of benzene rings is 1. The van der Waals surface area contributed by atoms with E-state index in [1.807, 2.05) is 0 Å². The fourth-order valence-electron chi connectivity index (χ4n) is 4.85. The van der Waals surface area contributed by atoms with Gasteiger partial charge in [-0.15, -0.1) is 16.9 Å². The lowest BCUT2D eigenvalue weighted by atomic mass is 10.0. The van der Waals surface area contributed by atoms with Crippen LogP contribution in [0.2, 0.25) is 0 Å². The number of hydrogen-bond acceptors (Lipinski definition) is 11. The van der Waals surface area contributed by atoms with Crippen LogP contribution in [0.3, 0.4) is 0 Å². The molecule has 232 valence electrons. The molecule has 0 aliphatic carbocycles. The first kappa shape index (κ1) is 30.9. The summed E-state index contributed by atoms with van der Waals surface area (Å²) in [5.41, 5.74) is 0.431. The van der Waals surface area contributed by atoms with E-state index in [4.69, 9.17) is 0 Å². The number of imide groups is 1. The second kappa shape index (κ2) is 12.6. The van der Waals surface area contributed by atoms with E-state index in [1.165, 1.54) is 45.2 Å². The second-order valence-corrected chi connectivity index (χ2v) is 11.9. The average molecular weight is 648 g/mol. The van der Waals surface area contributed by atoms with Crippen LogP contribution in [0.1, 0.15) is 18.5 Å². The summed E-state index contributed by atoms with van der Waals surface area (Å²) in [6, 6.07) is 1.03. The number of halogens is 1. The summed E-state index contributed by atoms with van der Waals surface area (Å²) in [5.74, 6) is -4.89. The van der Waals surface area contributed by atoms with Gasteiger partial charge in [0, 0.05) is 38.2 Å². The first-order chi connectivity index (χ1) is 21.0. The Morgan fingerprint density at radius 2 is 1.89 bits per heavy atom. The molecule has 1 aromatic carbocycles. The van der Waals surface area contributed by atoms with Gasteiger partial charge in [0.25, 0.3) is 5.91 Å². The molecule has 0 spiro atoms. The molecule has 1 aromatic heterocycles. The number of hydrogen-bond donors (Lipinski definition) is 3. The minimum atomic E-state index is -1.48. The molecule has 3 aliphatic rings. The third-order valence-corrected chi connectivity index (χ3v) is 9.61. The summed E-state index contributed by atoms with van der Waals surface area (Å²) >= 11 is 2.46. The van der Waals surface area contributed by atoms with Crippen LogP contribution >= 0.6 is 23.5 Å². The molecule has 0 bridgehead atoms. The van der Waals surface area contributed by atoms with Gasteiger partial charge in [-0.1, -0.05) is 23.9 Å². The number of thioether (sulfide) groups is 2. The number of nitrogens with zero attached hydrogens (tertiary/aromatic N) is 7. The smallest absolute Gasteiger partial charge is 0.352 e. The summed E-state index contributed by atoms with van der Waals surface area (Å²) in [7, 11) is 1.64. The van der Waals surface area contributed by atoms with Crippen LogP contribution in [0, 0.1) is 5.82 Å². The monoisotopic (exact) mass is 647 g/mol. The van der Waals surface area contributed by atoms with E-state index in [0.29, 0.717) is 15.6 Å². The predicted molar refractivity (Wildman–Crippen MR) is 151 cm³/mol. The number of carboxylic acid groups (broad SMARTS) is 1. The van der Waals surface area contributed by atoms with Gasteiger partial charge in [0.05, 0.1) is 0 Å². The normalized spacial score (nSPS) is 20.7. The maximum Gasteiger partial charge on any atom is 0.352 e. The number of aliphatic carboxylic acids is 1. The van der Waals surface area contributed by atoms with Crippen molar-refractivity contribution in [1.82, 2.24) is 45.5 Å². The Bertz CT molecular complexity index is 1570. The van der Waals surface area contributed by atoms with E-state index < -0.39 is 58.9 Å². The van der Waals surface area contributed by atoms with Crippen molar-refractivity contribution >= 4 is 59.2 Å². The van der Waals surface area contributed by atoms with Crippen molar-refractivity contribution in [2.45, 2.75) is 29.5 Å². The SMILES string of the molecule is CCN1CCN(C(=O)NC(C(=O)NC2C(=O)N3C(C(=O)O)=C(CSc4nnnn4C)CSC23)c2ccc(F)cc2)C(=O)C1=O. The summed E-state index contributed by atoms with van der Waals surface area (Å²) in [5, 5.41) is 25.8. The van der Waals surface area contributed by atoms with Crippen LogP contribution in [-0.4, -0.2) is 118 Å². The number of carbonyl (C=O) groups is 6. The zero-order chi connectivity index (χ0) is 31.7. The zero-order valence-corrected chi connectivity index (χ0v) is 24.9. The fourth-order valence-corrected chi connectivity index (χ4v) is 7.19. The predicted octanol–water partition coefficient (Wildman–Crippen LogP) is -0.678. The lowest BCUT2D eigenvalue weighted by Gasteiger charge is -2.49. The van der Waals surface area contributed by atoms with E-state index in [9.17, 15) is 38.3 Å². The molecule has 2 fully saturated rings. The van der Waals surface area contributed by atoms with Crippen LogP contribution < -0.4 is 10.6 Å². The number of piperazine rings is 1. The van der Waals surface area contributed by atoms with Crippen molar-refractivity contribution in [3.8, 4) is 0 Å². The van der Waals surface area contributed by atoms with Crippen molar-refractivity contribution in [1.29, 1.82) is 0 Å².